The highest BCUT2D eigenvalue weighted by Gasteiger charge is 2.30. The molecule has 128 valence electrons. The Labute approximate surface area is 143 Å². The largest absolute Gasteiger partial charge is 0.481 e. The molecule has 0 radical (unpaired) electrons. The van der Waals surface area contributed by atoms with Crippen LogP contribution in [0, 0.1) is 0 Å². The van der Waals surface area contributed by atoms with Crippen molar-refractivity contribution >= 4 is 5.97 Å². The lowest BCUT2D eigenvalue weighted by molar-refractivity contribution is -0.142. The molecule has 0 aromatic heterocycles. The van der Waals surface area contributed by atoms with Gasteiger partial charge in [0.2, 0.25) is 0 Å². The number of rotatable bonds is 8. The van der Waals surface area contributed by atoms with E-state index in [4.69, 9.17) is 9.47 Å². The normalized spacial score (nSPS) is 11.5. The van der Waals surface area contributed by atoms with Crippen molar-refractivity contribution in [1.82, 2.24) is 0 Å². The van der Waals surface area contributed by atoms with Crippen molar-refractivity contribution in [2.24, 2.45) is 0 Å². The van der Waals surface area contributed by atoms with Gasteiger partial charge in [-0.15, -0.1) is 0 Å². The lowest BCUT2D eigenvalue weighted by Gasteiger charge is -2.22. The van der Waals surface area contributed by atoms with Crippen LogP contribution in [0.15, 0.2) is 48.5 Å². The van der Waals surface area contributed by atoms with Crippen molar-refractivity contribution in [1.29, 1.82) is 0 Å². The van der Waals surface area contributed by atoms with Gasteiger partial charge >= 0.3 is 5.97 Å². The lowest BCUT2D eigenvalue weighted by atomic mass is 9.82. The number of hydrogen-bond acceptors (Lipinski definition) is 3. The van der Waals surface area contributed by atoms with Gasteiger partial charge in [0, 0.05) is 7.11 Å². The molecule has 2 rings (SSSR count). The van der Waals surface area contributed by atoms with Crippen LogP contribution < -0.4 is 0 Å². The fraction of sp³-hybridized carbons (Fsp3) is 0.350. The Morgan fingerprint density at radius 1 is 1.08 bits per heavy atom. The number of aliphatic carboxylic acids is 1. The Hall–Kier alpha value is -2.17. The van der Waals surface area contributed by atoms with Gasteiger partial charge in [0.25, 0.3) is 0 Å². The average Bonchev–Trinajstić information content (AvgIpc) is 2.59. The molecule has 4 heteroatoms. The molecule has 0 atom stereocenters. The predicted molar refractivity (Wildman–Crippen MR) is 94.1 cm³/mol. The first kappa shape index (κ1) is 18.2. The van der Waals surface area contributed by atoms with Gasteiger partial charge in [-0.05, 0) is 36.1 Å². The highest BCUT2D eigenvalue weighted by Crippen LogP contribution is 2.30. The molecule has 0 aliphatic rings. The van der Waals surface area contributed by atoms with Crippen LogP contribution in [-0.2, 0) is 26.3 Å². The summed E-state index contributed by atoms with van der Waals surface area (Å²) in [6.45, 7) is 4.86. The molecule has 0 aliphatic carbocycles. The summed E-state index contributed by atoms with van der Waals surface area (Å²) in [5.74, 6) is -0.846. The minimum Gasteiger partial charge on any atom is -0.481 e. The number of methoxy groups -OCH3 is 1. The zero-order valence-electron chi connectivity index (χ0n) is 14.4. The first-order valence-corrected chi connectivity index (χ1v) is 7.95. The fourth-order valence-electron chi connectivity index (χ4n) is 2.45. The molecule has 0 unspecified atom stereocenters. The van der Waals surface area contributed by atoms with Gasteiger partial charge in [0.1, 0.15) is 0 Å². The zero-order valence-corrected chi connectivity index (χ0v) is 14.4. The van der Waals surface area contributed by atoms with Gasteiger partial charge in [-0.3, -0.25) is 4.79 Å². The Morgan fingerprint density at radius 3 is 2.42 bits per heavy atom. The summed E-state index contributed by atoms with van der Waals surface area (Å²) < 4.78 is 10.7. The van der Waals surface area contributed by atoms with E-state index in [9.17, 15) is 9.90 Å². The van der Waals surface area contributed by atoms with Crippen LogP contribution in [0.1, 0.15) is 25.0 Å². The van der Waals surface area contributed by atoms with Crippen LogP contribution in [-0.4, -0.2) is 31.4 Å². The molecule has 2 aromatic rings. The first-order valence-electron chi connectivity index (χ1n) is 7.95. The first-order chi connectivity index (χ1) is 11.5. The third-order valence-corrected chi connectivity index (χ3v) is 4.14. The van der Waals surface area contributed by atoms with Crippen molar-refractivity contribution in [2.45, 2.75) is 25.9 Å². The van der Waals surface area contributed by atoms with Crippen LogP contribution in [0.25, 0.3) is 11.1 Å². The molecule has 4 nitrogen and oxygen atoms in total. The fourth-order valence-corrected chi connectivity index (χ4v) is 2.45. The second-order valence-corrected chi connectivity index (χ2v) is 6.21. The maximum atomic E-state index is 11.5. The SMILES string of the molecule is COCCOCc1cc(C(C)(C)C(=O)O)ccc1-c1ccccc1. The molecule has 0 heterocycles. The third kappa shape index (κ3) is 4.22. The molecule has 2 aromatic carbocycles. The van der Waals surface area contributed by atoms with E-state index in [2.05, 4.69) is 0 Å². The molecule has 1 N–H and O–H groups in total. The lowest BCUT2D eigenvalue weighted by Crippen LogP contribution is -2.28. The van der Waals surface area contributed by atoms with E-state index >= 15 is 0 Å². The summed E-state index contributed by atoms with van der Waals surface area (Å²) in [5, 5.41) is 9.47. The van der Waals surface area contributed by atoms with Crippen LogP contribution in [0.5, 0.6) is 0 Å². The molecule has 0 spiro atoms. The van der Waals surface area contributed by atoms with Gasteiger partial charge in [-0.1, -0.05) is 48.5 Å². The van der Waals surface area contributed by atoms with Crippen LogP contribution in [0.3, 0.4) is 0 Å². The quantitative estimate of drug-likeness (QED) is 0.747. The van der Waals surface area contributed by atoms with Crippen molar-refractivity contribution < 1.29 is 19.4 Å². The number of carboxylic acids is 1. The van der Waals surface area contributed by atoms with Gasteiger partial charge < -0.3 is 14.6 Å². The molecule has 24 heavy (non-hydrogen) atoms. The standard InChI is InChI=1S/C20H24O4/c1-20(2,19(21)22)17-9-10-18(15-7-5-4-6-8-15)16(13-17)14-24-12-11-23-3/h4-10,13H,11-12,14H2,1-3H3,(H,21,22). The molecule has 0 aliphatic heterocycles. The second-order valence-electron chi connectivity index (χ2n) is 6.21. The average molecular weight is 328 g/mol. The van der Waals surface area contributed by atoms with E-state index in [1.807, 2.05) is 48.5 Å². The van der Waals surface area contributed by atoms with Crippen LogP contribution >= 0.6 is 0 Å². The maximum absolute atomic E-state index is 11.5. The van der Waals surface area contributed by atoms with Crippen molar-refractivity contribution in [3.63, 3.8) is 0 Å². The van der Waals surface area contributed by atoms with Crippen LogP contribution in [0.2, 0.25) is 0 Å². The van der Waals surface area contributed by atoms with Gasteiger partial charge in [0.15, 0.2) is 0 Å². The van der Waals surface area contributed by atoms with Gasteiger partial charge in [-0.25, -0.2) is 0 Å². The number of hydrogen-bond donors (Lipinski definition) is 1. The van der Waals surface area contributed by atoms with E-state index < -0.39 is 11.4 Å². The predicted octanol–water partition coefficient (Wildman–Crippen LogP) is 3.88. The van der Waals surface area contributed by atoms with E-state index in [1.54, 1.807) is 21.0 Å². The molecule has 0 fully saturated rings. The highest BCUT2D eigenvalue weighted by molar-refractivity contribution is 5.81. The Balaban J connectivity index is 2.38. The smallest absolute Gasteiger partial charge is 0.313 e. The summed E-state index contributed by atoms with van der Waals surface area (Å²) in [4.78, 5) is 11.5. The second kappa shape index (κ2) is 8.08. The third-order valence-electron chi connectivity index (χ3n) is 4.14. The Bertz CT molecular complexity index is 677. The molecule has 0 bridgehead atoms. The number of carboxylic acid groups (broad SMARTS) is 1. The highest BCUT2D eigenvalue weighted by atomic mass is 16.5. The number of ether oxygens (including phenoxy) is 2. The minimum atomic E-state index is -0.948. The van der Waals surface area contributed by atoms with Crippen molar-refractivity contribution in [3.05, 3.63) is 59.7 Å². The summed E-state index contributed by atoms with van der Waals surface area (Å²) in [6, 6.07) is 15.8. The maximum Gasteiger partial charge on any atom is 0.313 e. The minimum absolute atomic E-state index is 0.414. The Morgan fingerprint density at radius 2 is 1.79 bits per heavy atom. The molecular formula is C20H24O4. The summed E-state index contributed by atoms with van der Waals surface area (Å²) in [7, 11) is 1.63. The topological polar surface area (TPSA) is 55.8 Å². The van der Waals surface area contributed by atoms with Gasteiger partial charge in [0.05, 0.1) is 25.2 Å². The Kier molecular flexibility index (Phi) is 6.12. The van der Waals surface area contributed by atoms with E-state index in [0.717, 1.165) is 22.3 Å². The summed E-state index contributed by atoms with van der Waals surface area (Å²) in [6.07, 6.45) is 0. The monoisotopic (exact) mass is 328 g/mol. The zero-order chi connectivity index (χ0) is 17.6. The van der Waals surface area contributed by atoms with Crippen LogP contribution in [0.4, 0.5) is 0 Å². The molecule has 0 saturated heterocycles. The van der Waals surface area contributed by atoms with E-state index in [-0.39, 0.29) is 0 Å². The molecular weight excluding hydrogens is 304 g/mol. The van der Waals surface area contributed by atoms with Crippen molar-refractivity contribution in [3.8, 4) is 11.1 Å². The molecule has 0 amide bonds. The van der Waals surface area contributed by atoms with E-state index in [1.165, 1.54) is 0 Å². The summed E-state index contributed by atoms with van der Waals surface area (Å²) in [5.41, 5.74) is 2.93. The van der Waals surface area contributed by atoms with Gasteiger partial charge in [-0.2, -0.15) is 0 Å². The number of benzene rings is 2. The molecule has 0 saturated carbocycles. The van der Waals surface area contributed by atoms with Crippen molar-refractivity contribution in [2.75, 3.05) is 20.3 Å². The number of carbonyl (C=O) groups is 1. The van der Waals surface area contributed by atoms with E-state index in [0.29, 0.717) is 19.8 Å². The summed E-state index contributed by atoms with van der Waals surface area (Å²) >= 11 is 0.